The second kappa shape index (κ2) is 8.60. The first-order valence-corrected chi connectivity index (χ1v) is 7.10. The second-order valence-corrected chi connectivity index (χ2v) is 5.42. The molecule has 1 aromatic rings. The Morgan fingerprint density at radius 2 is 1.83 bits per heavy atom. The normalized spacial score (nSPS) is 14.7. The fraction of sp³-hybridized carbons (Fsp3) is 0.571. The van der Waals surface area contributed by atoms with E-state index in [0.717, 1.165) is 13.0 Å². The van der Waals surface area contributed by atoms with Gasteiger partial charge in [-0.05, 0) is 24.4 Å². The van der Waals surface area contributed by atoms with Crippen LogP contribution in [0.5, 0.6) is 0 Å². The average Bonchev–Trinajstić information content (AvgIpc) is 2.36. The summed E-state index contributed by atoms with van der Waals surface area (Å²) >= 11 is 0. The Balaban J connectivity index is 2.40. The third-order valence-corrected chi connectivity index (χ3v) is 3.31. The van der Waals surface area contributed by atoms with Crippen LogP contribution in [0.3, 0.4) is 0 Å². The largest absolute Gasteiger partial charge is 0.390 e. The van der Waals surface area contributed by atoms with Crippen molar-refractivity contribution in [3.05, 3.63) is 35.9 Å². The number of nitrogens with one attached hydrogen (secondary N) is 2. The van der Waals surface area contributed by atoms with Gasteiger partial charge in [-0.15, -0.1) is 0 Å². The smallest absolute Gasteiger partial charge is 0.0823 e. The molecule has 0 spiro atoms. The quantitative estimate of drug-likeness (QED) is 0.627. The summed E-state index contributed by atoms with van der Waals surface area (Å²) in [6.45, 7) is 5.88. The Hall–Kier alpha value is -0.470. The van der Waals surface area contributed by atoms with Crippen molar-refractivity contribution in [3.8, 4) is 0 Å². The van der Waals surface area contributed by atoms with Gasteiger partial charge < -0.3 is 10.4 Å². The third kappa shape index (κ3) is 5.92. The number of hydrogen-bond acceptors (Lipinski definition) is 3. The molecule has 1 aromatic carbocycles. The van der Waals surface area contributed by atoms with E-state index in [-0.39, 0.29) is 12.1 Å². The lowest BCUT2D eigenvalue weighted by molar-refractivity contribution is 0.135. The van der Waals surface area contributed by atoms with Gasteiger partial charge in [0.15, 0.2) is 0 Å². The molecule has 0 bridgehead atoms. The van der Waals surface area contributed by atoms with Crippen molar-refractivity contribution in [1.29, 1.82) is 0 Å². The SMILES string of the molecule is CC(C)CNC[C@@H](O)[C@H](Cc1ccccc1)NP. The zero-order chi connectivity index (χ0) is 13.4. The Morgan fingerprint density at radius 3 is 2.39 bits per heavy atom. The van der Waals surface area contributed by atoms with Crippen LogP contribution in [0.4, 0.5) is 0 Å². The van der Waals surface area contributed by atoms with E-state index in [2.05, 4.69) is 45.8 Å². The van der Waals surface area contributed by atoms with E-state index in [1.54, 1.807) is 0 Å². The van der Waals surface area contributed by atoms with E-state index in [1.165, 1.54) is 5.56 Å². The molecule has 0 aliphatic heterocycles. The highest BCUT2D eigenvalue weighted by Crippen LogP contribution is 2.07. The van der Waals surface area contributed by atoms with Gasteiger partial charge in [0.05, 0.1) is 6.10 Å². The van der Waals surface area contributed by atoms with Crippen molar-refractivity contribution in [3.63, 3.8) is 0 Å². The maximum atomic E-state index is 10.1. The van der Waals surface area contributed by atoms with Crippen LogP contribution in [0.2, 0.25) is 0 Å². The predicted octanol–water partition coefficient (Wildman–Crippen LogP) is 1.58. The molecule has 1 unspecified atom stereocenters. The molecule has 0 aliphatic carbocycles. The van der Waals surface area contributed by atoms with Crippen LogP contribution >= 0.6 is 9.39 Å². The minimum absolute atomic E-state index is 0.0528. The molecule has 102 valence electrons. The average molecular weight is 268 g/mol. The summed E-state index contributed by atoms with van der Waals surface area (Å²) in [6, 6.07) is 10.3. The van der Waals surface area contributed by atoms with Crippen molar-refractivity contribution in [1.82, 2.24) is 10.4 Å². The first-order chi connectivity index (χ1) is 8.63. The van der Waals surface area contributed by atoms with E-state index in [0.29, 0.717) is 12.5 Å². The van der Waals surface area contributed by atoms with Gasteiger partial charge in [0.25, 0.3) is 0 Å². The van der Waals surface area contributed by atoms with E-state index < -0.39 is 0 Å². The molecule has 3 N–H and O–H groups in total. The highest BCUT2D eigenvalue weighted by Gasteiger charge is 2.17. The first-order valence-electron chi connectivity index (χ1n) is 6.52. The molecule has 0 amide bonds. The van der Waals surface area contributed by atoms with Gasteiger partial charge in [0, 0.05) is 12.6 Å². The number of benzene rings is 1. The first kappa shape index (κ1) is 15.6. The monoisotopic (exact) mass is 268 g/mol. The maximum absolute atomic E-state index is 10.1. The predicted molar refractivity (Wildman–Crippen MR) is 80.5 cm³/mol. The lowest BCUT2D eigenvalue weighted by atomic mass is 10.0. The molecule has 18 heavy (non-hydrogen) atoms. The topological polar surface area (TPSA) is 44.3 Å². The standard InChI is InChI=1S/C14H25N2OP/c1-11(2)9-15-10-14(17)13(16-18)8-12-6-4-3-5-7-12/h3-7,11,13-17H,8-10,18H2,1-2H3/t13-,14+/m0/s1. The molecule has 0 saturated carbocycles. The summed E-state index contributed by atoms with van der Waals surface area (Å²) in [6.07, 6.45) is 0.441. The lowest BCUT2D eigenvalue weighted by Crippen LogP contribution is -2.43. The molecule has 0 radical (unpaired) electrons. The summed E-state index contributed by atoms with van der Waals surface area (Å²) in [5, 5.41) is 16.5. The van der Waals surface area contributed by atoms with Gasteiger partial charge in [-0.1, -0.05) is 53.6 Å². The van der Waals surface area contributed by atoms with Gasteiger partial charge in [-0.25, -0.2) is 0 Å². The van der Waals surface area contributed by atoms with Gasteiger partial charge in [0.1, 0.15) is 0 Å². The Kier molecular flexibility index (Phi) is 7.45. The number of aliphatic hydroxyl groups excluding tert-OH is 1. The van der Waals surface area contributed by atoms with Crippen LogP contribution in [-0.2, 0) is 6.42 Å². The van der Waals surface area contributed by atoms with Crippen LogP contribution in [0.15, 0.2) is 30.3 Å². The van der Waals surface area contributed by atoms with Crippen LogP contribution in [0, 0.1) is 5.92 Å². The number of rotatable bonds is 8. The van der Waals surface area contributed by atoms with Crippen LogP contribution in [-0.4, -0.2) is 30.3 Å². The Labute approximate surface area is 113 Å². The fourth-order valence-electron chi connectivity index (χ4n) is 1.84. The van der Waals surface area contributed by atoms with Crippen molar-refractivity contribution in [2.24, 2.45) is 5.92 Å². The van der Waals surface area contributed by atoms with E-state index in [4.69, 9.17) is 0 Å². The Morgan fingerprint density at radius 1 is 1.17 bits per heavy atom. The fourth-order valence-corrected chi connectivity index (χ4v) is 2.18. The van der Waals surface area contributed by atoms with Crippen molar-refractivity contribution in [2.75, 3.05) is 13.1 Å². The summed E-state index contributed by atoms with van der Waals surface area (Å²) in [4.78, 5) is 0. The molecule has 3 atom stereocenters. The molecule has 0 aromatic heterocycles. The highest BCUT2D eigenvalue weighted by molar-refractivity contribution is 7.13. The van der Waals surface area contributed by atoms with Crippen molar-refractivity contribution >= 4 is 9.39 Å². The molecule has 3 nitrogen and oxygen atoms in total. The minimum Gasteiger partial charge on any atom is -0.390 e. The van der Waals surface area contributed by atoms with Gasteiger partial charge in [0.2, 0.25) is 0 Å². The van der Waals surface area contributed by atoms with E-state index in [1.807, 2.05) is 18.2 Å². The maximum Gasteiger partial charge on any atom is 0.0823 e. The van der Waals surface area contributed by atoms with Crippen LogP contribution in [0.25, 0.3) is 0 Å². The summed E-state index contributed by atoms with van der Waals surface area (Å²) in [5.74, 6) is 0.605. The molecule has 0 fully saturated rings. The van der Waals surface area contributed by atoms with Gasteiger partial charge >= 0.3 is 0 Å². The molecule has 0 heterocycles. The van der Waals surface area contributed by atoms with E-state index >= 15 is 0 Å². The lowest BCUT2D eigenvalue weighted by Gasteiger charge is -2.23. The third-order valence-electron chi connectivity index (χ3n) is 2.88. The molecule has 0 saturated heterocycles. The zero-order valence-electron chi connectivity index (χ0n) is 11.3. The van der Waals surface area contributed by atoms with Crippen molar-refractivity contribution < 1.29 is 5.11 Å². The van der Waals surface area contributed by atoms with Crippen molar-refractivity contribution in [2.45, 2.75) is 32.4 Å². The second-order valence-electron chi connectivity index (χ2n) is 5.08. The number of hydrogen-bond donors (Lipinski definition) is 3. The molecule has 1 rings (SSSR count). The number of aliphatic hydroxyl groups is 1. The molecular weight excluding hydrogens is 243 g/mol. The zero-order valence-corrected chi connectivity index (χ0v) is 12.4. The summed E-state index contributed by atoms with van der Waals surface area (Å²) < 4.78 is 0. The minimum atomic E-state index is -0.388. The molecular formula is C14H25N2OP. The highest BCUT2D eigenvalue weighted by atomic mass is 31.0. The van der Waals surface area contributed by atoms with Gasteiger partial charge in [-0.2, -0.15) is 0 Å². The van der Waals surface area contributed by atoms with Crippen LogP contribution < -0.4 is 10.4 Å². The Bertz CT molecular complexity index is 319. The van der Waals surface area contributed by atoms with Crippen LogP contribution in [0.1, 0.15) is 19.4 Å². The summed E-state index contributed by atoms with van der Waals surface area (Å²) in [5.41, 5.74) is 1.24. The van der Waals surface area contributed by atoms with E-state index in [9.17, 15) is 5.11 Å². The van der Waals surface area contributed by atoms with Gasteiger partial charge in [-0.3, -0.25) is 5.09 Å². The molecule has 0 aliphatic rings. The summed E-state index contributed by atoms with van der Waals surface area (Å²) in [7, 11) is 2.50. The molecule has 4 heteroatoms.